The van der Waals surface area contributed by atoms with Crippen LogP contribution in [-0.4, -0.2) is 23.6 Å². The largest absolute Gasteiger partial charge is 0.346 e. The summed E-state index contributed by atoms with van der Waals surface area (Å²) in [5.41, 5.74) is 4.26. The smallest absolute Gasteiger partial charge is 0.185 e. The highest BCUT2D eigenvalue weighted by atomic mass is 32.1. The minimum absolute atomic E-state index is 0.883. The standard InChI is InChI=1S/C14H22N4S2/c1-5-11-12(7-15-6-2)20-14(17-11)18(4)8-13-10(3)16-9-19-13/h9,15H,5-8H2,1-4H3. The highest BCUT2D eigenvalue weighted by molar-refractivity contribution is 7.15. The molecule has 0 spiro atoms. The van der Waals surface area contributed by atoms with Gasteiger partial charge in [0.05, 0.1) is 23.4 Å². The second-order valence-electron chi connectivity index (χ2n) is 4.72. The molecular formula is C14H22N4S2. The molecule has 110 valence electrons. The van der Waals surface area contributed by atoms with Gasteiger partial charge in [-0.05, 0) is 19.9 Å². The maximum atomic E-state index is 4.78. The number of hydrogen-bond donors (Lipinski definition) is 1. The van der Waals surface area contributed by atoms with Gasteiger partial charge < -0.3 is 10.2 Å². The molecule has 0 atom stereocenters. The van der Waals surface area contributed by atoms with Crippen molar-refractivity contribution >= 4 is 27.8 Å². The minimum Gasteiger partial charge on any atom is -0.346 e. The van der Waals surface area contributed by atoms with Gasteiger partial charge >= 0.3 is 0 Å². The van der Waals surface area contributed by atoms with Gasteiger partial charge in [0, 0.05) is 23.3 Å². The third kappa shape index (κ3) is 3.56. The van der Waals surface area contributed by atoms with Gasteiger partial charge in [0.1, 0.15) is 0 Å². The molecule has 0 saturated carbocycles. The molecule has 0 saturated heterocycles. The van der Waals surface area contributed by atoms with Crippen molar-refractivity contribution in [2.45, 2.75) is 40.3 Å². The lowest BCUT2D eigenvalue weighted by Crippen LogP contribution is -2.16. The van der Waals surface area contributed by atoms with E-state index in [1.54, 1.807) is 22.7 Å². The summed E-state index contributed by atoms with van der Waals surface area (Å²) >= 11 is 3.51. The van der Waals surface area contributed by atoms with Crippen molar-refractivity contribution < 1.29 is 0 Å². The summed E-state index contributed by atoms with van der Waals surface area (Å²) in [4.78, 5) is 14.0. The summed E-state index contributed by atoms with van der Waals surface area (Å²) in [5, 5.41) is 4.49. The van der Waals surface area contributed by atoms with Crippen molar-refractivity contribution in [2.75, 3.05) is 18.5 Å². The Labute approximate surface area is 128 Å². The monoisotopic (exact) mass is 310 g/mol. The van der Waals surface area contributed by atoms with Crippen LogP contribution in [0.4, 0.5) is 5.13 Å². The fourth-order valence-electron chi connectivity index (χ4n) is 1.95. The maximum Gasteiger partial charge on any atom is 0.185 e. The molecule has 0 amide bonds. The first kappa shape index (κ1) is 15.4. The van der Waals surface area contributed by atoms with Gasteiger partial charge in [-0.15, -0.1) is 22.7 Å². The van der Waals surface area contributed by atoms with Gasteiger partial charge in [0.25, 0.3) is 0 Å². The number of aryl methyl sites for hydroxylation is 2. The average molecular weight is 310 g/mol. The number of rotatable bonds is 7. The fraction of sp³-hybridized carbons (Fsp3) is 0.571. The molecule has 0 aliphatic heterocycles. The predicted octanol–water partition coefficient (Wildman–Crippen LogP) is 3.22. The van der Waals surface area contributed by atoms with Crippen LogP contribution in [-0.2, 0) is 19.5 Å². The predicted molar refractivity (Wildman–Crippen MR) is 87.8 cm³/mol. The number of aromatic nitrogens is 2. The zero-order chi connectivity index (χ0) is 14.5. The molecule has 6 heteroatoms. The van der Waals surface area contributed by atoms with Crippen molar-refractivity contribution in [2.24, 2.45) is 0 Å². The number of hydrogen-bond acceptors (Lipinski definition) is 6. The van der Waals surface area contributed by atoms with E-state index in [9.17, 15) is 0 Å². The molecule has 2 aromatic rings. The number of anilines is 1. The SMILES string of the molecule is CCNCc1sc(N(C)Cc2scnc2C)nc1CC. The first-order valence-corrected chi connectivity index (χ1v) is 8.64. The van der Waals surface area contributed by atoms with Crippen molar-refractivity contribution in [1.82, 2.24) is 15.3 Å². The van der Waals surface area contributed by atoms with E-state index in [1.165, 1.54) is 15.4 Å². The first-order chi connectivity index (χ1) is 9.65. The second kappa shape index (κ2) is 7.15. The second-order valence-corrected chi connectivity index (χ2v) is 6.72. The van der Waals surface area contributed by atoms with Crippen LogP contribution in [0.15, 0.2) is 5.51 Å². The summed E-state index contributed by atoms with van der Waals surface area (Å²) < 4.78 is 0. The molecule has 0 aromatic carbocycles. The lowest BCUT2D eigenvalue weighted by molar-refractivity contribution is 0.727. The van der Waals surface area contributed by atoms with E-state index in [1.807, 2.05) is 5.51 Å². The van der Waals surface area contributed by atoms with Gasteiger partial charge in [0.2, 0.25) is 0 Å². The summed E-state index contributed by atoms with van der Waals surface area (Å²) in [7, 11) is 2.11. The molecule has 1 N–H and O–H groups in total. The summed E-state index contributed by atoms with van der Waals surface area (Å²) in [6, 6.07) is 0. The highest BCUT2D eigenvalue weighted by Crippen LogP contribution is 2.28. The van der Waals surface area contributed by atoms with Crippen LogP contribution in [0.5, 0.6) is 0 Å². The molecule has 2 aromatic heterocycles. The first-order valence-electron chi connectivity index (χ1n) is 6.95. The van der Waals surface area contributed by atoms with Crippen molar-refractivity contribution in [3.8, 4) is 0 Å². The summed E-state index contributed by atoms with van der Waals surface area (Å²) in [5.74, 6) is 0. The van der Waals surface area contributed by atoms with E-state index in [-0.39, 0.29) is 0 Å². The van der Waals surface area contributed by atoms with Gasteiger partial charge in [-0.1, -0.05) is 13.8 Å². The summed E-state index contributed by atoms with van der Waals surface area (Å²) in [6.45, 7) is 9.16. The van der Waals surface area contributed by atoms with E-state index < -0.39 is 0 Å². The van der Waals surface area contributed by atoms with Crippen molar-refractivity contribution in [1.29, 1.82) is 0 Å². The molecule has 0 fully saturated rings. The van der Waals surface area contributed by atoms with Crippen molar-refractivity contribution in [3.05, 3.63) is 26.7 Å². The van der Waals surface area contributed by atoms with Crippen LogP contribution in [0.1, 0.15) is 35.0 Å². The van der Waals surface area contributed by atoms with Crippen LogP contribution in [0, 0.1) is 6.92 Å². The quantitative estimate of drug-likeness (QED) is 0.852. The fourth-order valence-corrected chi connectivity index (χ4v) is 3.86. The molecule has 0 aliphatic carbocycles. The normalized spacial score (nSPS) is 11.0. The van der Waals surface area contributed by atoms with Crippen molar-refractivity contribution in [3.63, 3.8) is 0 Å². The van der Waals surface area contributed by atoms with Crippen LogP contribution in [0.2, 0.25) is 0 Å². The van der Waals surface area contributed by atoms with Crippen LogP contribution < -0.4 is 10.2 Å². The third-order valence-corrected chi connectivity index (χ3v) is 5.32. The Morgan fingerprint density at radius 2 is 2.10 bits per heavy atom. The van der Waals surface area contributed by atoms with Gasteiger partial charge in [-0.25, -0.2) is 9.97 Å². The van der Waals surface area contributed by atoms with Gasteiger partial charge in [0.15, 0.2) is 5.13 Å². The zero-order valence-corrected chi connectivity index (χ0v) is 14.2. The van der Waals surface area contributed by atoms with E-state index in [0.717, 1.165) is 36.9 Å². The van der Waals surface area contributed by atoms with E-state index in [4.69, 9.17) is 4.98 Å². The zero-order valence-electron chi connectivity index (χ0n) is 12.6. The van der Waals surface area contributed by atoms with E-state index in [2.05, 4.69) is 43.0 Å². The molecule has 0 radical (unpaired) electrons. The summed E-state index contributed by atoms with van der Waals surface area (Å²) in [6.07, 6.45) is 0.991. The Bertz CT molecular complexity index is 547. The van der Waals surface area contributed by atoms with E-state index >= 15 is 0 Å². The molecule has 20 heavy (non-hydrogen) atoms. The van der Waals surface area contributed by atoms with Crippen LogP contribution >= 0.6 is 22.7 Å². The molecular weight excluding hydrogens is 288 g/mol. The lowest BCUT2D eigenvalue weighted by Gasteiger charge is -2.14. The van der Waals surface area contributed by atoms with Gasteiger partial charge in [-0.2, -0.15) is 0 Å². The molecule has 0 aliphatic rings. The minimum atomic E-state index is 0.883. The molecule has 4 nitrogen and oxygen atoms in total. The molecule has 2 rings (SSSR count). The van der Waals surface area contributed by atoms with Gasteiger partial charge in [-0.3, -0.25) is 0 Å². The van der Waals surface area contributed by atoms with Crippen LogP contribution in [0.3, 0.4) is 0 Å². The average Bonchev–Trinajstić information content (AvgIpc) is 3.03. The number of nitrogens with zero attached hydrogens (tertiary/aromatic N) is 3. The van der Waals surface area contributed by atoms with E-state index in [0.29, 0.717) is 0 Å². The van der Waals surface area contributed by atoms with Crippen LogP contribution in [0.25, 0.3) is 0 Å². The Morgan fingerprint density at radius 1 is 1.30 bits per heavy atom. The Kier molecular flexibility index (Phi) is 5.51. The molecule has 0 unspecified atom stereocenters. The number of thiazole rings is 2. The molecule has 0 bridgehead atoms. The Morgan fingerprint density at radius 3 is 2.70 bits per heavy atom. The topological polar surface area (TPSA) is 41.0 Å². The maximum absolute atomic E-state index is 4.78. The third-order valence-electron chi connectivity index (χ3n) is 3.19. The number of nitrogens with one attached hydrogen (secondary N) is 1. The molecule has 2 heterocycles. The Balaban J connectivity index is 2.11. The highest BCUT2D eigenvalue weighted by Gasteiger charge is 2.14. The lowest BCUT2D eigenvalue weighted by atomic mass is 10.3. The Hall–Kier alpha value is -0.980.